The van der Waals surface area contributed by atoms with Crippen molar-refractivity contribution < 1.29 is 0 Å². The number of nitrogens with zero attached hydrogens (tertiary/aromatic N) is 2. The zero-order valence-corrected chi connectivity index (χ0v) is 9.51. The van der Waals surface area contributed by atoms with Crippen LogP contribution in [0.2, 0.25) is 0 Å². The standard InChI is InChI=1S/C14H10N4/c15-13-11-7-9-6-5-8-3-1-2-4-10(8)12(9)16-14(11)18-17-13/h1-7H,(H3,15,16,17,18). The molecule has 0 saturated carbocycles. The normalized spacial score (nSPS) is 11.6. The van der Waals surface area contributed by atoms with Crippen molar-refractivity contribution in [3.8, 4) is 0 Å². The maximum atomic E-state index is 5.82. The Bertz CT molecular complexity index is 892. The summed E-state index contributed by atoms with van der Waals surface area (Å²) in [4.78, 5) is 4.60. The molecule has 2 heterocycles. The van der Waals surface area contributed by atoms with Gasteiger partial charge in [-0.15, -0.1) is 0 Å². The Kier molecular flexibility index (Phi) is 1.67. The highest BCUT2D eigenvalue weighted by molar-refractivity contribution is 6.08. The second-order valence-electron chi connectivity index (χ2n) is 4.36. The van der Waals surface area contributed by atoms with Crippen LogP contribution in [0.5, 0.6) is 0 Å². The molecule has 0 spiro atoms. The van der Waals surface area contributed by atoms with Gasteiger partial charge in [-0.3, -0.25) is 5.10 Å². The lowest BCUT2D eigenvalue weighted by atomic mass is 10.1. The maximum Gasteiger partial charge on any atom is 0.183 e. The lowest BCUT2D eigenvalue weighted by Gasteiger charge is -2.02. The molecule has 18 heavy (non-hydrogen) atoms. The minimum absolute atomic E-state index is 0.563. The van der Waals surface area contributed by atoms with Crippen molar-refractivity contribution >= 4 is 38.5 Å². The van der Waals surface area contributed by atoms with Crippen LogP contribution in [0.4, 0.5) is 5.82 Å². The van der Waals surface area contributed by atoms with Crippen LogP contribution in [-0.4, -0.2) is 15.2 Å². The van der Waals surface area contributed by atoms with E-state index in [2.05, 4.69) is 39.4 Å². The van der Waals surface area contributed by atoms with Crippen LogP contribution >= 0.6 is 0 Å². The van der Waals surface area contributed by atoms with Crippen LogP contribution in [0.15, 0.2) is 42.5 Å². The van der Waals surface area contributed by atoms with Crippen molar-refractivity contribution in [2.24, 2.45) is 0 Å². The number of aromatic nitrogens is 3. The Balaban J connectivity index is 2.27. The number of nitrogens with one attached hydrogen (secondary N) is 1. The van der Waals surface area contributed by atoms with E-state index in [1.54, 1.807) is 0 Å². The van der Waals surface area contributed by atoms with Gasteiger partial charge >= 0.3 is 0 Å². The van der Waals surface area contributed by atoms with Gasteiger partial charge in [-0.25, -0.2) is 4.98 Å². The van der Waals surface area contributed by atoms with Crippen molar-refractivity contribution in [2.45, 2.75) is 0 Å². The molecule has 0 fully saturated rings. The quantitative estimate of drug-likeness (QED) is 0.460. The molecule has 0 aliphatic carbocycles. The molecule has 0 radical (unpaired) electrons. The molecule has 0 amide bonds. The van der Waals surface area contributed by atoms with E-state index in [1.807, 2.05) is 18.2 Å². The summed E-state index contributed by atoms with van der Waals surface area (Å²) in [6, 6.07) is 14.4. The molecule has 4 rings (SSSR count). The highest BCUT2D eigenvalue weighted by atomic mass is 15.2. The number of nitrogen functional groups attached to an aromatic ring is 1. The summed E-state index contributed by atoms with van der Waals surface area (Å²) in [6.45, 7) is 0. The number of H-pyrrole nitrogens is 1. The molecule has 0 unspecified atom stereocenters. The van der Waals surface area contributed by atoms with Crippen molar-refractivity contribution in [1.82, 2.24) is 15.2 Å². The smallest absolute Gasteiger partial charge is 0.183 e. The second kappa shape index (κ2) is 3.20. The van der Waals surface area contributed by atoms with E-state index in [9.17, 15) is 0 Å². The minimum atomic E-state index is 0.563. The van der Waals surface area contributed by atoms with Crippen molar-refractivity contribution in [3.63, 3.8) is 0 Å². The summed E-state index contributed by atoms with van der Waals surface area (Å²) in [7, 11) is 0. The Labute approximate surface area is 102 Å². The molecule has 4 heteroatoms. The van der Waals surface area contributed by atoms with Crippen LogP contribution in [0.3, 0.4) is 0 Å². The summed E-state index contributed by atoms with van der Waals surface area (Å²) < 4.78 is 0. The summed E-state index contributed by atoms with van der Waals surface area (Å²) in [5, 5.41) is 11.1. The number of pyridine rings is 1. The third-order valence-electron chi connectivity index (χ3n) is 3.26. The summed E-state index contributed by atoms with van der Waals surface area (Å²) in [5.74, 6) is 0.563. The van der Waals surface area contributed by atoms with E-state index in [4.69, 9.17) is 5.73 Å². The minimum Gasteiger partial charge on any atom is -0.384 e. The molecular weight excluding hydrogens is 224 g/mol. The topological polar surface area (TPSA) is 67.6 Å². The molecule has 4 nitrogen and oxygen atoms in total. The van der Waals surface area contributed by atoms with Gasteiger partial charge in [0.2, 0.25) is 0 Å². The molecule has 0 aliphatic rings. The first-order valence-electron chi connectivity index (χ1n) is 5.75. The van der Waals surface area contributed by atoms with Gasteiger partial charge in [-0.05, 0) is 11.5 Å². The fraction of sp³-hybridized carbons (Fsp3) is 0. The fourth-order valence-electron chi connectivity index (χ4n) is 2.36. The van der Waals surface area contributed by atoms with E-state index in [1.165, 1.54) is 5.39 Å². The molecule has 3 N–H and O–H groups in total. The first kappa shape index (κ1) is 9.41. The average molecular weight is 234 g/mol. The molecule has 86 valence electrons. The Morgan fingerprint density at radius 3 is 2.72 bits per heavy atom. The van der Waals surface area contributed by atoms with E-state index < -0.39 is 0 Å². The molecule has 0 atom stereocenters. The van der Waals surface area contributed by atoms with Crippen LogP contribution in [0, 0.1) is 0 Å². The van der Waals surface area contributed by atoms with Crippen LogP contribution in [0.25, 0.3) is 32.7 Å². The average Bonchev–Trinajstić information content (AvgIpc) is 2.78. The molecule has 0 bridgehead atoms. The predicted octanol–water partition coefficient (Wildman–Crippen LogP) is 2.85. The monoisotopic (exact) mass is 234 g/mol. The SMILES string of the molecule is Nc1[nH]nc2nc3c(ccc4ccccc43)cc12. The van der Waals surface area contributed by atoms with Crippen LogP contribution in [0.1, 0.15) is 0 Å². The number of rotatable bonds is 0. The summed E-state index contributed by atoms with van der Waals surface area (Å²) in [6.07, 6.45) is 0. The lowest BCUT2D eigenvalue weighted by Crippen LogP contribution is -1.85. The molecular formula is C14H10N4. The van der Waals surface area contributed by atoms with E-state index >= 15 is 0 Å². The Morgan fingerprint density at radius 2 is 1.78 bits per heavy atom. The number of aromatic amines is 1. The molecule has 0 aliphatic heterocycles. The second-order valence-corrected chi connectivity index (χ2v) is 4.36. The summed E-state index contributed by atoms with van der Waals surface area (Å²) in [5.41, 5.74) is 7.45. The van der Waals surface area contributed by atoms with Gasteiger partial charge in [-0.1, -0.05) is 36.4 Å². The molecule has 2 aromatic heterocycles. The molecule has 2 aromatic carbocycles. The number of fused-ring (bicyclic) bond motifs is 4. The zero-order chi connectivity index (χ0) is 12.1. The Hall–Kier alpha value is -2.62. The summed E-state index contributed by atoms with van der Waals surface area (Å²) >= 11 is 0. The number of hydrogen-bond donors (Lipinski definition) is 2. The van der Waals surface area contributed by atoms with E-state index in [0.29, 0.717) is 11.5 Å². The predicted molar refractivity (Wildman–Crippen MR) is 73.3 cm³/mol. The number of benzene rings is 2. The van der Waals surface area contributed by atoms with Gasteiger partial charge in [0.15, 0.2) is 5.65 Å². The number of nitrogens with two attached hydrogens (primary N) is 1. The van der Waals surface area contributed by atoms with Gasteiger partial charge in [0.25, 0.3) is 0 Å². The van der Waals surface area contributed by atoms with E-state index in [0.717, 1.165) is 21.7 Å². The highest BCUT2D eigenvalue weighted by Gasteiger charge is 2.07. The first-order chi connectivity index (χ1) is 8.83. The van der Waals surface area contributed by atoms with Crippen molar-refractivity contribution in [2.75, 3.05) is 5.73 Å². The van der Waals surface area contributed by atoms with Gasteiger partial charge in [0.1, 0.15) is 5.82 Å². The van der Waals surface area contributed by atoms with Crippen LogP contribution in [-0.2, 0) is 0 Å². The van der Waals surface area contributed by atoms with Gasteiger partial charge in [0.05, 0.1) is 10.9 Å². The largest absolute Gasteiger partial charge is 0.384 e. The fourth-order valence-corrected chi connectivity index (χ4v) is 2.36. The third kappa shape index (κ3) is 1.14. The maximum absolute atomic E-state index is 5.82. The Morgan fingerprint density at radius 1 is 0.944 bits per heavy atom. The lowest BCUT2D eigenvalue weighted by molar-refractivity contribution is 1.11. The molecule has 4 aromatic rings. The number of hydrogen-bond acceptors (Lipinski definition) is 3. The first-order valence-corrected chi connectivity index (χ1v) is 5.75. The van der Waals surface area contributed by atoms with E-state index in [-0.39, 0.29) is 0 Å². The van der Waals surface area contributed by atoms with Gasteiger partial charge < -0.3 is 5.73 Å². The van der Waals surface area contributed by atoms with Crippen molar-refractivity contribution in [3.05, 3.63) is 42.5 Å². The van der Waals surface area contributed by atoms with Gasteiger partial charge in [-0.2, -0.15) is 5.10 Å². The molecule has 0 saturated heterocycles. The number of anilines is 1. The van der Waals surface area contributed by atoms with Gasteiger partial charge in [0, 0.05) is 10.8 Å². The third-order valence-corrected chi connectivity index (χ3v) is 3.26. The highest BCUT2D eigenvalue weighted by Crippen LogP contribution is 2.27. The van der Waals surface area contributed by atoms with Crippen molar-refractivity contribution in [1.29, 1.82) is 0 Å². The van der Waals surface area contributed by atoms with Crippen LogP contribution < -0.4 is 5.73 Å². The zero-order valence-electron chi connectivity index (χ0n) is 9.51.